The molecule has 100 valence electrons. The van der Waals surface area contributed by atoms with Crippen LogP contribution in [0.5, 0.6) is 0 Å². The zero-order valence-corrected chi connectivity index (χ0v) is 11.9. The zero-order chi connectivity index (χ0) is 13.5. The molecule has 0 saturated heterocycles. The largest absolute Gasteiger partial charge is 0.464 e. The topological polar surface area (TPSA) is 38.3 Å². The number of anilines is 1. The standard InChI is InChI=1S/C14H20ClNO2/c1-4-6-13(14(17)18-5-2)16-12-8-7-10(3)9-11(12)15/h7-9,13,16H,4-6H2,1-3H3. The molecule has 1 aromatic rings. The lowest BCUT2D eigenvalue weighted by molar-refractivity contribution is -0.144. The molecule has 0 fully saturated rings. The van der Waals surface area contributed by atoms with Crippen molar-refractivity contribution in [1.29, 1.82) is 0 Å². The monoisotopic (exact) mass is 269 g/mol. The van der Waals surface area contributed by atoms with Gasteiger partial charge in [-0.2, -0.15) is 0 Å². The van der Waals surface area contributed by atoms with E-state index in [0.717, 1.165) is 24.1 Å². The fourth-order valence-electron chi connectivity index (χ4n) is 1.71. The molecule has 1 rings (SSSR count). The van der Waals surface area contributed by atoms with Crippen LogP contribution in [0.25, 0.3) is 0 Å². The highest BCUT2D eigenvalue weighted by Gasteiger charge is 2.19. The number of benzene rings is 1. The number of ether oxygens (including phenoxy) is 1. The molecule has 1 aromatic carbocycles. The van der Waals surface area contributed by atoms with Crippen molar-refractivity contribution in [3.63, 3.8) is 0 Å². The van der Waals surface area contributed by atoms with Crippen molar-refractivity contribution in [3.8, 4) is 0 Å². The fourth-order valence-corrected chi connectivity index (χ4v) is 2.00. The smallest absolute Gasteiger partial charge is 0.328 e. The Morgan fingerprint density at radius 2 is 2.17 bits per heavy atom. The number of hydrogen-bond donors (Lipinski definition) is 1. The summed E-state index contributed by atoms with van der Waals surface area (Å²) in [7, 11) is 0. The Morgan fingerprint density at radius 1 is 1.44 bits per heavy atom. The minimum Gasteiger partial charge on any atom is -0.464 e. The maximum Gasteiger partial charge on any atom is 0.328 e. The van der Waals surface area contributed by atoms with Crippen molar-refractivity contribution >= 4 is 23.3 Å². The Morgan fingerprint density at radius 3 is 2.72 bits per heavy atom. The first-order chi connectivity index (χ1) is 8.58. The third-order valence-corrected chi connectivity index (χ3v) is 2.92. The highest BCUT2D eigenvalue weighted by atomic mass is 35.5. The second kappa shape index (κ2) is 7.27. The highest BCUT2D eigenvalue weighted by Crippen LogP contribution is 2.24. The number of rotatable bonds is 6. The molecular formula is C14H20ClNO2. The zero-order valence-electron chi connectivity index (χ0n) is 11.1. The lowest BCUT2D eigenvalue weighted by atomic mass is 10.1. The second-order valence-electron chi connectivity index (χ2n) is 4.22. The van der Waals surface area contributed by atoms with E-state index < -0.39 is 0 Å². The van der Waals surface area contributed by atoms with E-state index in [4.69, 9.17) is 16.3 Å². The minimum absolute atomic E-state index is 0.226. The summed E-state index contributed by atoms with van der Waals surface area (Å²) in [5.74, 6) is -0.226. The lowest BCUT2D eigenvalue weighted by Gasteiger charge is -2.18. The molecule has 0 bridgehead atoms. The summed E-state index contributed by atoms with van der Waals surface area (Å²) in [6.07, 6.45) is 1.63. The van der Waals surface area contributed by atoms with Crippen molar-refractivity contribution in [2.24, 2.45) is 0 Å². The van der Waals surface area contributed by atoms with E-state index in [2.05, 4.69) is 5.32 Å². The van der Waals surface area contributed by atoms with Crippen LogP contribution in [0.2, 0.25) is 5.02 Å². The van der Waals surface area contributed by atoms with Crippen LogP contribution in [-0.2, 0) is 9.53 Å². The summed E-state index contributed by atoms with van der Waals surface area (Å²) in [4.78, 5) is 11.8. The van der Waals surface area contributed by atoms with Gasteiger partial charge in [-0.3, -0.25) is 0 Å². The quantitative estimate of drug-likeness (QED) is 0.799. The van der Waals surface area contributed by atoms with E-state index >= 15 is 0 Å². The Labute approximate surface area is 113 Å². The first-order valence-corrected chi connectivity index (χ1v) is 6.65. The Kier molecular flexibility index (Phi) is 5.99. The van der Waals surface area contributed by atoms with Gasteiger partial charge in [0.25, 0.3) is 0 Å². The number of halogens is 1. The van der Waals surface area contributed by atoms with Crippen molar-refractivity contribution in [2.45, 2.75) is 39.7 Å². The summed E-state index contributed by atoms with van der Waals surface area (Å²) in [5, 5.41) is 3.78. The van der Waals surface area contributed by atoms with Gasteiger partial charge in [-0.25, -0.2) is 4.79 Å². The molecule has 18 heavy (non-hydrogen) atoms. The van der Waals surface area contributed by atoms with E-state index in [1.54, 1.807) is 6.92 Å². The van der Waals surface area contributed by atoms with Crippen LogP contribution in [0.4, 0.5) is 5.69 Å². The summed E-state index contributed by atoms with van der Waals surface area (Å²) in [6, 6.07) is 5.38. The lowest BCUT2D eigenvalue weighted by Crippen LogP contribution is -2.31. The van der Waals surface area contributed by atoms with Gasteiger partial charge in [-0.15, -0.1) is 0 Å². The third kappa shape index (κ3) is 4.22. The van der Waals surface area contributed by atoms with Gasteiger partial charge in [0.1, 0.15) is 6.04 Å². The van der Waals surface area contributed by atoms with Gasteiger partial charge in [0.05, 0.1) is 17.3 Å². The van der Waals surface area contributed by atoms with E-state index in [0.29, 0.717) is 11.6 Å². The number of carbonyl (C=O) groups is 1. The molecule has 1 N–H and O–H groups in total. The van der Waals surface area contributed by atoms with Gasteiger partial charge >= 0.3 is 5.97 Å². The molecule has 0 aromatic heterocycles. The molecule has 0 spiro atoms. The Hall–Kier alpha value is -1.22. The molecule has 4 heteroatoms. The molecule has 0 saturated carbocycles. The summed E-state index contributed by atoms with van der Waals surface area (Å²) in [5.41, 5.74) is 1.86. The highest BCUT2D eigenvalue weighted by molar-refractivity contribution is 6.33. The van der Waals surface area contributed by atoms with Crippen LogP contribution in [0.15, 0.2) is 18.2 Å². The molecule has 1 atom stereocenters. The van der Waals surface area contributed by atoms with Gasteiger partial charge < -0.3 is 10.1 Å². The fraction of sp³-hybridized carbons (Fsp3) is 0.500. The summed E-state index contributed by atoms with van der Waals surface area (Å²) < 4.78 is 5.05. The molecule has 0 aliphatic carbocycles. The minimum atomic E-state index is -0.338. The number of carbonyl (C=O) groups excluding carboxylic acids is 1. The van der Waals surface area contributed by atoms with Crippen molar-refractivity contribution in [2.75, 3.05) is 11.9 Å². The van der Waals surface area contributed by atoms with Crippen LogP contribution in [0, 0.1) is 6.92 Å². The normalized spacial score (nSPS) is 12.0. The van der Waals surface area contributed by atoms with Crippen molar-refractivity contribution in [1.82, 2.24) is 0 Å². The van der Waals surface area contributed by atoms with Crippen LogP contribution in [-0.4, -0.2) is 18.6 Å². The van der Waals surface area contributed by atoms with E-state index in [1.807, 2.05) is 32.0 Å². The Bertz CT molecular complexity index is 407. The number of nitrogens with one attached hydrogen (secondary N) is 1. The molecule has 0 heterocycles. The number of esters is 1. The predicted molar refractivity (Wildman–Crippen MR) is 75.1 cm³/mol. The van der Waals surface area contributed by atoms with Gasteiger partial charge in [-0.1, -0.05) is 31.0 Å². The summed E-state index contributed by atoms with van der Waals surface area (Å²) in [6.45, 7) is 6.21. The molecular weight excluding hydrogens is 250 g/mol. The molecule has 0 radical (unpaired) electrons. The van der Waals surface area contributed by atoms with Crippen molar-refractivity contribution in [3.05, 3.63) is 28.8 Å². The van der Waals surface area contributed by atoms with Gasteiger partial charge in [0, 0.05) is 0 Å². The van der Waals surface area contributed by atoms with Gasteiger partial charge in [0.2, 0.25) is 0 Å². The number of hydrogen-bond acceptors (Lipinski definition) is 3. The van der Waals surface area contributed by atoms with Gasteiger partial charge in [0.15, 0.2) is 0 Å². The van der Waals surface area contributed by atoms with E-state index in [9.17, 15) is 4.79 Å². The van der Waals surface area contributed by atoms with Gasteiger partial charge in [-0.05, 0) is 38.0 Å². The average molecular weight is 270 g/mol. The van der Waals surface area contributed by atoms with Crippen LogP contribution >= 0.6 is 11.6 Å². The molecule has 1 unspecified atom stereocenters. The van der Waals surface area contributed by atoms with E-state index in [-0.39, 0.29) is 12.0 Å². The number of aryl methyl sites for hydroxylation is 1. The van der Waals surface area contributed by atoms with Crippen molar-refractivity contribution < 1.29 is 9.53 Å². The first-order valence-electron chi connectivity index (χ1n) is 6.27. The third-order valence-electron chi connectivity index (χ3n) is 2.60. The molecule has 0 amide bonds. The maximum atomic E-state index is 11.8. The average Bonchev–Trinajstić information content (AvgIpc) is 2.32. The van der Waals surface area contributed by atoms with Crippen LogP contribution in [0.1, 0.15) is 32.3 Å². The first kappa shape index (κ1) is 14.8. The molecule has 3 nitrogen and oxygen atoms in total. The SMILES string of the molecule is CCCC(Nc1ccc(C)cc1Cl)C(=O)OCC. The maximum absolute atomic E-state index is 11.8. The second-order valence-corrected chi connectivity index (χ2v) is 4.63. The predicted octanol–water partition coefficient (Wildman–Crippen LogP) is 3.79. The van der Waals surface area contributed by atoms with Crippen LogP contribution in [0.3, 0.4) is 0 Å². The molecule has 0 aliphatic heterocycles. The van der Waals surface area contributed by atoms with E-state index in [1.165, 1.54) is 0 Å². The summed E-state index contributed by atoms with van der Waals surface area (Å²) >= 11 is 6.14. The Balaban J connectivity index is 2.79. The van der Waals surface area contributed by atoms with Crippen LogP contribution < -0.4 is 5.32 Å². The molecule has 0 aliphatic rings.